The molecule has 2 heterocycles. The number of amides is 2. The van der Waals surface area contributed by atoms with Gasteiger partial charge in [0.25, 0.3) is 5.91 Å². The number of aromatic hydroxyl groups is 1. The number of halogens is 1. The Balaban J connectivity index is 1.36. The molecule has 3 aromatic carbocycles. The highest BCUT2D eigenvalue weighted by Gasteiger charge is 2.49. The Bertz CT molecular complexity index is 1500. The summed E-state index contributed by atoms with van der Waals surface area (Å²) in [5.41, 5.74) is 4.24. The lowest BCUT2D eigenvalue weighted by atomic mass is 9.92. The zero-order valence-electron chi connectivity index (χ0n) is 21.7. The fourth-order valence-corrected chi connectivity index (χ4v) is 5.98. The molecule has 0 unspecified atom stereocenters. The SMILES string of the molecule is CCNC(=O)c1cncc(-c2ccc(N3C(=O)[C@H](SC[C@@H](O)c4ccc(F)cc4)[C@H]3c3ccc(O)cc3)cc2)c1. The molecule has 7 nitrogen and oxygen atoms in total. The van der Waals surface area contributed by atoms with Crippen LogP contribution in [0.4, 0.5) is 10.1 Å². The molecule has 3 atom stereocenters. The zero-order valence-corrected chi connectivity index (χ0v) is 22.5. The molecule has 1 fully saturated rings. The second kappa shape index (κ2) is 11.9. The Morgan fingerprint density at radius 2 is 1.73 bits per heavy atom. The van der Waals surface area contributed by atoms with Crippen LogP contribution < -0.4 is 10.2 Å². The number of aromatic nitrogens is 1. The van der Waals surface area contributed by atoms with E-state index < -0.39 is 11.4 Å². The van der Waals surface area contributed by atoms with Crippen LogP contribution in [0.3, 0.4) is 0 Å². The van der Waals surface area contributed by atoms with E-state index in [4.69, 9.17) is 0 Å². The smallest absolute Gasteiger partial charge is 0.252 e. The minimum Gasteiger partial charge on any atom is -0.508 e. The number of phenols is 1. The summed E-state index contributed by atoms with van der Waals surface area (Å²) in [5.74, 6) is -0.271. The average Bonchev–Trinajstić information content (AvgIpc) is 2.97. The van der Waals surface area contributed by atoms with Crippen LogP contribution in [0, 0.1) is 5.82 Å². The van der Waals surface area contributed by atoms with E-state index >= 15 is 0 Å². The van der Waals surface area contributed by atoms with E-state index in [9.17, 15) is 24.2 Å². The third kappa shape index (κ3) is 5.71. The van der Waals surface area contributed by atoms with E-state index in [1.54, 1.807) is 41.4 Å². The lowest BCUT2D eigenvalue weighted by molar-refractivity contribution is -0.123. The number of phenolic OH excluding ortho intramolecular Hbond substituents is 1. The van der Waals surface area contributed by atoms with E-state index in [2.05, 4.69) is 10.3 Å². The van der Waals surface area contributed by atoms with Gasteiger partial charge in [-0.15, -0.1) is 11.8 Å². The van der Waals surface area contributed by atoms with Crippen LogP contribution in [0.15, 0.2) is 91.3 Å². The van der Waals surface area contributed by atoms with Gasteiger partial charge in [0.2, 0.25) is 5.91 Å². The van der Waals surface area contributed by atoms with Crippen molar-refractivity contribution in [3.63, 3.8) is 0 Å². The van der Waals surface area contributed by atoms with E-state index in [1.807, 2.05) is 31.2 Å². The number of nitrogens with zero attached hydrogens (tertiary/aromatic N) is 2. The van der Waals surface area contributed by atoms with Gasteiger partial charge in [-0.05, 0) is 66.1 Å². The zero-order chi connectivity index (χ0) is 28.2. The van der Waals surface area contributed by atoms with Crippen molar-refractivity contribution in [1.82, 2.24) is 10.3 Å². The van der Waals surface area contributed by atoms with E-state index in [1.165, 1.54) is 42.2 Å². The number of carbonyl (C=O) groups is 2. The number of nitrogens with one attached hydrogen (secondary N) is 1. The molecule has 3 N–H and O–H groups in total. The first-order chi connectivity index (χ1) is 19.4. The molecule has 5 rings (SSSR count). The highest BCUT2D eigenvalue weighted by molar-refractivity contribution is 8.00. The molecule has 0 radical (unpaired) electrons. The van der Waals surface area contributed by atoms with Gasteiger partial charge >= 0.3 is 0 Å². The van der Waals surface area contributed by atoms with Crippen molar-refractivity contribution in [2.45, 2.75) is 24.3 Å². The van der Waals surface area contributed by atoms with E-state index in [-0.39, 0.29) is 35.2 Å². The number of hydrogen-bond acceptors (Lipinski definition) is 6. The summed E-state index contributed by atoms with van der Waals surface area (Å²) >= 11 is 1.35. The third-order valence-electron chi connectivity index (χ3n) is 6.79. The number of aliphatic hydroxyl groups excluding tert-OH is 1. The van der Waals surface area contributed by atoms with Crippen molar-refractivity contribution < 1.29 is 24.2 Å². The van der Waals surface area contributed by atoms with Crippen molar-refractivity contribution in [3.05, 3.63) is 114 Å². The van der Waals surface area contributed by atoms with Gasteiger partial charge in [0.05, 0.1) is 17.7 Å². The summed E-state index contributed by atoms with van der Waals surface area (Å²) < 4.78 is 13.3. The number of thioether (sulfide) groups is 1. The van der Waals surface area contributed by atoms with Crippen LogP contribution in [0.25, 0.3) is 11.1 Å². The quantitative estimate of drug-likeness (QED) is 0.243. The molecule has 1 aliphatic heterocycles. The second-order valence-electron chi connectivity index (χ2n) is 9.43. The van der Waals surface area contributed by atoms with Gasteiger partial charge in [0.15, 0.2) is 0 Å². The van der Waals surface area contributed by atoms with Crippen molar-refractivity contribution in [1.29, 1.82) is 0 Å². The monoisotopic (exact) mass is 557 g/mol. The molecular formula is C31H28FN3O4S. The van der Waals surface area contributed by atoms with Crippen molar-refractivity contribution in [3.8, 4) is 16.9 Å². The third-order valence-corrected chi connectivity index (χ3v) is 8.11. The average molecular weight is 558 g/mol. The summed E-state index contributed by atoms with van der Waals surface area (Å²) in [6, 6.07) is 21.4. The van der Waals surface area contributed by atoms with Crippen molar-refractivity contribution in [2.75, 3.05) is 17.2 Å². The Morgan fingerprint density at radius 1 is 1.02 bits per heavy atom. The molecular weight excluding hydrogens is 529 g/mol. The van der Waals surface area contributed by atoms with Crippen LogP contribution in [0.2, 0.25) is 0 Å². The first-order valence-corrected chi connectivity index (χ1v) is 13.9. The first kappa shape index (κ1) is 27.4. The van der Waals surface area contributed by atoms with E-state index in [0.717, 1.165) is 16.7 Å². The maximum absolute atomic E-state index is 13.4. The molecule has 2 amide bonds. The summed E-state index contributed by atoms with van der Waals surface area (Å²) in [6.07, 6.45) is 2.36. The molecule has 0 spiro atoms. The Morgan fingerprint density at radius 3 is 2.40 bits per heavy atom. The summed E-state index contributed by atoms with van der Waals surface area (Å²) in [4.78, 5) is 31.5. The number of β-lactam (4-membered cyclic amide) rings is 1. The molecule has 9 heteroatoms. The lowest BCUT2D eigenvalue weighted by Crippen LogP contribution is -2.57. The van der Waals surface area contributed by atoms with Gasteiger partial charge in [0, 0.05) is 35.9 Å². The van der Waals surface area contributed by atoms with Crippen LogP contribution in [-0.2, 0) is 4.79 Å². The standard InChI is InChI=1S/C31H28FN3O4S/c1-2-34-30(38)23-15-22(16-33-17-23)19-5-11-25(12-6-19)35-28(21-7-13-26(36)14-8-21)29(31(35)39)40-18-27(37)20-3-9-24(32)10-4-20/h3-17,27-29,36-37H,2,18H2,1H3,(H,34,38)/t27-,28-,29-/m1/s1. The molecule has 1 aromatic heterocycles. The Labute approximate surface area is 235 Å². The van der Waals surface area contributed by atoms with Crippen LogP contribution in [0.1, 0.15) is 40.6 Å². The number of pyridine rings is 1. The van der Waals surface area contributed by atoms with Gasteiger partial charge in [0.1, 0.15) is 16.8 Å². The number of carbonyl (C=O) groups excluding carboxylic acids is 2. The predicted molar refractivity (Wildman–Crippen MR) is 154 cm³/mol. The number of hydrogen-bond donors (Lipinski definition) is 3. The van der Waals surface area contributed by atoms with Crippen LogP contribution in [-0.4, -0.2) is 44.6 Å². The highest BCUT2D eigenvalue weighted by Crippen LogP contribution is 2.46. The fourth-order valence-electron chi connectivity index (χ4n) is 4.68. The molecule has 0 aliphatic carbocycles. The Kier molecular flexibility index (Phi) is 8.14. The normalized spacial score (nSPS) is 17.3. The maximum Gasteiger partial charge on any atom is 0.252 e. The molecule has 40 heavy (non-hydrogen) atoms. The van der Waals surface area contributed by atoms with Crippen molar-refractivity contribution >= 4 is 29.3 Å². The first-order valence-electron chi connectivity index (χ1n) is 12.9. The van der Waals surface area contributed by atoms with Gasteiger partial charge < -0.3 is 20.4 Å². The maximum atomic E-state index is 13.4. The molecule has 4 aromatic rings. The number of rotatable bonds is 9. The summed E-state index contributed by atoms with van der Waals surface area (Å²) in [5, 5.41) is 22.8. The minimum atomic E-state index is -0.851. The van der Waals surface area contributed by atoms with Crippen LogP contribution >= 0.6 is 11.8 Å². The molecule has 0 bridgehead atoms. The number of benzene rings is 3. The second-order valence-corrected chi connectivity index (χ2v) is 10.6. The van der Waals surface area contributed by atoms with Crippen LogP contribution in [0.5, 0.6) is 5.75 Å². The largest absolute Gasteiger partial charge is 0.508 e. The highest BCUT2D eigenvalue weighted by atomic mass is 32.2. The number of anilines is 1. The molecule has 0 saturated carbocycles. The molecule has 1 saturated heterocycles. The van der Waals surface area contributed by atoms with Gasteiger partial charge in [-0.3, -0.25) is 14.6 Å². The topological polar surface area (TPSA) is 103 Å². The van der Waals surface area contributed by atoms with Crippen molar-refractivity contribution in [2.24, 2.45) is 0 Å². The molecule has 204 valence electrons. The summed E-state index contributed by atoms with van der Waals surface area (Å²) in [6.45, 7) is 2.38. The Hall–Kier alpha value is -4.21. The van der Waals surface area contributed by atoms with E-state index in [0.29, 0.717) is 23.4 Å². The lowest BCUT2D eigenvalue weighted by Gasteiger charge is -2.47. The predicted octanol–water partition coefficient (Wildman–Crippen LogP) is 5.27. The number of aliphatic hydroxyl groups is 1. The summed E-state index contributed by atoms with van der Waals surface area (Å²) in [7, 11) is 0. The van der Waals surface area contributed by atoms with Gasteiger partial charge in [-0.25, -0.2) is 4.39 Å². The minimum absolute atomic E-state index is 0.0953. The fraction of sp³-hybridized carbons (Fsp3) is 0.194. The van der Waals surface area contributed by atoms with Gasteiger partial charge in [-0.2, -0.15) is 0 Å². The molecule has 1 aliphatic rings. The van der Waals surface area contributed by atoms with Gasteiger partial charge in [-0.1, -0.05) is 36.4 Å².